The van der Waals surface area contributed by atoms with Gasteiger partial charge in [0.2, 0.25) is 0 Å². The molecule has 20 heavy (non-hydrogen) atoms. The third-order valence-corrected chi connectivity index (χ3v) is 5.78. The van der Waals surface area contributed by atoms with Gasteiger partial charge in [0.1, 0.15) is 5.82 Å². The molecule has 0 saturated heterocycles. The number of benzene rings is 1. The second-order valence-electron chi connectivity index (χ2n) is 5.49. The number of hydrogen-bond donors (Lipinski definition) is 1. The van der Waals surface area contributed by atoms with Gasteiger partial charge in [-0.05, 0) is 50.1 Å². The highest BCUT2D eigenvalue weighted by Gasteiger charge is 2.28. The fraction of sp³-hybridized carbons (Fsp3) is 0.625. The summed E-state index contributed by atoms with van der Waals surface area (Å²) < 4.78 is 25.8. The molecule has 1 saturated carbocycles. The molecule has 3 unspecified atom stereocenters. The standard InChI is InChI=1S/C16H24FNOS/c1-2-12-18-15-6-4-3-5-7-16(15)20(19)14-10-8-13(17)9-11-14/h8-11,15-16,18H,2-7,12H2,1H3. The molecule has 0 bridgehead atoms. The summed E-state index contributed by atoms with van der Waals surface area (Å²) in [5.74, 6) is -0.271. The van der Waals surface area contributed by atoms with Gasteiger partial charge in [0.25, 0.3) is 0 Å². The van der Waals surface area contributed by atoms with E-state index in [4.69, 9.17) is 0 Å². The number of halogens is 1. The van der Waals surface area contributed by atoms with E-state index in [0.29, 0.717) is 6.04 Å². The Hall–Kier alpha value is -0.740. The molecule has 3 atom stereocenters. The second kappa shape index (κ2) is 7.89. The van der Waals surface area contributed by atoms with Gasteiger partial charge in [0, 0.05) is 10.9 Å². The molecule has 0 aromatic heterocycles. The van der Waals surface area contributed by atoms with Crippen LogP contribution in [0.15, 0.2) is 29.2 Å². The van der Waals surface area contributed by atoms with E-state index < -0.39 is 10.8 Å². The molecule has 2 rings (SSSR count). The first-order chi connectivity index (χ1) is 9.72. The molecule has 1 aliphatic carbocycles. The summed E-state index contributed by atoms with van der Waals surface area (Å²) in [6, 6.07) is 6.44. The Labute approximate surface area is 123 Å². The minimum Gasteiger partial charge on any atom is -0.313 e. The average molecular weight is 297 g/mol. The van der Waals surface area contributed by atoms with Crippen LogP contribution in [0.25, 0.3) is 0 Å². The van der Waals surface area contributed by atoms with Crippen LogP contribution in [0.4, 0.5) is 4.39 Å². The van der Waals surface area contributed by atoms with Crippen molar-refractivity contribution in [2.45, 2.75) is 61.6 Å². The maximum absolute atomic E-state index is 13.0. The lowest BCUT2D eigenvalue weighted by molar-refractivity contribution is 0.463. The molecule has 1 aromatic rings. The largest absolute Gasteiger partial charge is 0.313 e. The molecule has 4 heteroatoms. The first kappa shape index (κ1) is 15.6. The van der Waals surface area contributed by atoms with E-state index >= 15 is 0 Å². The number of nitrogens with one attached hydrogen (secondary N) is 1. The summed E-state index contributed by atoms with van der Waals surface area (Å²) in [6.45, 7) is 3.12. The predicted molar refractivity (Wildman–Crippen MR) is 81.8 cm³/mol. The van der Waals surface area contributed by atoms with E-state index in [0.717, 1.165) is 37.1 Å². The molecule has 0 radical (unpaired) electrons. The minimum atomic E-state index is -1.05. The third-order valence-electron chi connectivity index (χ3n) is 3.93. The Morgan fingerprint density at radius 1 is 1.20 bits per heavy atom. The molecule has 0 spiro atoms. The van der Waals surface area contributed by atoms with Crippen molar-refractivity contribution in [2.24, 2.45) is 0 Å². The molecule has 1 aromatic carbocycles. The summed E-state index contributed by atoms with van der Waals surface area (Å²) in [5.41, 5.74) is 0. The summed E-state index contributed by atoms with van der Waals surface area (Å²) in [4.78, 5) is 0.751. The highest BCUT2D eigenvalue weighted by atomic mass is 32.2. The van der Waals surface area contributed by atoms with Crippen molar-refractivity contribution in [2.75, 3.05) is 6.54 Å². The van der Waals surface area contributed by atoms with Crippen molar-refractivity contribution in [3.05, 3.63) is 30.1 Å². The SMILES string of the molecule is CCCNC1CCCCCC1S(=O)c1ccc(F)cc1. The van der Waals surface area contributed by atoms with Crippen LogP contribution in [0.5, 0.6) is 0 Å². The molecule has 0 amide bonds. The van der Waals surface area contributed by atoms with Crippen LogP contribution in [0, 0.1) is 5.82 Å². The summed E-state index contributed by atoms with van der Waals surface area (Å²) in [5, 5.41) is 3.70. The van der Waals surface area contributed by atoms with Crippen LogP contribution >= 0.6 is 0 Å². The lowest BCUT2D eigenvalue weighted by Gasteiger charge is -2.25. The van der Waals surface area contributed by atoms with Gasteiger partial charge in [-0.25, -0.2) is 4.39 Å². The van der Waals surface area contributed by atoms with Crippen molar-refractivity contribution in [1.29, 1.82) is 0 Å². The molecule has 0 aliphatic heterocycles. The van der Waals surface area contributed by atoms with Gasteiger partial charge in [-0.15, -0.1) is 0 Å². The summed E-state index contributed by atoms with van der Waals surface area (Å²) in [7, 11) is -1.05. The highest BCUT2D eigenvalue weighted by molar-refractivity contribution is 7.85. The maximum Gasteiger partial charge on any atom is 0.123 e. The van der Waals surface area contributed by atoms with E-state index in [1.165, 1.54) is 25.0 Å². The van der Waals surface area contributed by atoms with Crippen molar-refractivity contribution < 1.29 is 8.60 Å². The molecule has 1 fully saturated rings. The van der Waals surface area contributed by atoms with Crippen LogP contribution in [0.2, 0.25) is 0 Å². The van der Waals surface area contributed by atoms with Gasteiger partial charge in [-0.2, -0.15) is 0 Å². The van der Waals surface area contributed by atoms with Gasteiger partial charge in [-0.3, -0.25) is 4.21 Å². The Kier molecular flexibility index (Phi) is 6.17. The first-order valence-corrected chi connectivity index (χ1v) is 8.83. The third kappa shape index (κ3) is 4.13. The van der Waals surface area contributed by atoms with E-state index in [2.05, 4.69) is 12.2 Å². The Morgan fingerprint density at radius 2 is 1.90 bits per heavy atom. The number of hydrogen-bond acceptors (Lipinski definition) is 2. The maximum atomic E-state index is 13.0. The predicted octanol–water partition coefficient (Wildman–Crippen LogP) is 3.63. The van der Waals surface area contributed by atoms with Crippen LogP contribution in [-0.2, 0) is 10.8 Å². The van der Waals surface area contributed by atoms with Crippen molar-refractivity contribution in [1.82, 2.24) is 5.32 Å². The van der Waals surface area contributed by atoms with Crippen molar-refractivity contribution >= 4 is 10.8 Å². The van der Waals surface area contributed by atoms with Gasteiger partial charge in [0.15, 0.2) is 0 Å². The van der Waals surface area contributed by atoms with Gasteiger partial charge in [-0.1, -0.05) is 26.2 Å². The molecule has 2 nitrogen and oxygen atoms in total. The Bertz CT molecular complexity index is 435. The minimum absolute atomic E-state index is 0.148. The van der Waals surface area contributed by atoms with Gasteiger partial charge in [0.05, 0.1) is 16.0 Å². The lowest BCUT2D eigenvalue weighted by Crippen LogP contribution is -2.41. The average Bonchev–Trinajstić information content (AvgIpc) is 2.70. The van der Waals surface area contributed by atoms with Crippen LogP contribution in [0.3, 0.4) is 0 Å². The summed E-state index contributed by atoms with van der Waals surface area (Å²) in [6.07, 6.45) is 6.75. The van der Waals surface area contributed by atoms with Crippen molar-refractivity contribution in [3.63, 3.8) is 0 Å². The van der Waals surface area contributed by atoms with E-state index in [1.807, 2.05) is 0 Å². The Balaban J connectivity index is 2.12. The van der Waals surface area contributed by atoms with E-state index in [-0.39, 0.29) is 11.1 Å². The molecule has 0 heterocycles. The fourth-order valence-electron chi connectivity index (χ4n) is 2.84. The van der Waals surface area contributed by atoms with E-state index in [1.54, 1.807) is 12.1 Å². The van der Waals surface area contributed by atoms with Gasteiger partial charge < -0.3 is 5.32 Å². The normalized spacial score (nSPS) is 25.1. The zero-order valence-corrected chi connectivity index (χ0v) is 12.9. The second-order valence-corrected chi connectivity index (χ2v) is 7.16. The summed E-state index contributed by atoms with van der Waals surface area (Å²) >= 11 is 0. The van der Waals surface area contributed by atoms with Crippen LogP contribution in [0.1, 0.15) is 45.4 Å². The molecule has 1 aliphatic rings. The smallest absolute Gasteiger partial charge is 0.123 e. The molecule has 1 N–H and O–H groups in total. The quantitative estimate of drug-likeness (QED) is 0.841. The molecular weight excluding hydrogens is 273 g/mol. The van der Waals surface area contributed by atoms with Crippen LogP contribution in [-0.4, -0.2) is 22.0 Å². The highest BCUT2D eigenvalue weighted by Crippen LogP contribution is 2.26. The molecule has 112 valence electrons. The Morgan fingerprint density at radius 3 is 2.60 bits per heavy atom. The zero-order valence-electron chi connectivity index (χ0n) is 12.1. The first-order valence-electron chi connectivity index (χ1n) is 7.62. The van der Waals surface area contributed by atoms with Crippen LogP contribution < -0.4 is 5.32 Å². The fourth-order valence-corrected chi connectivity index (χ4v) is 4.50. The van der Waals surface area contributed by atoms with E-state index in [9.17, 15) is 8.60 Å². The number of rotatable bonds is 5. The lowest BCUT2D eigenvalue weighted by atomic mass is 10.1. The zero-order chi connectivity index (χ0) is 14.4. The monoisotopic (exact) mass is 297 g/mol. The van der Waals surface area contributed by atoms with Crippen molar-refractivity contribution in [3.8, 4) is 0 Å². The topological polar surface area (TPSA) is 29.1 Å². The van der Waals surface area contributed by atoms with Gasteiger partial charge >= 0.3 is 0 Å². The molecular formula is C16H24FNOS.